The van der Waals surface area contributed by atoms with E-state index in [-0.39, 0.29) is 5.91 Å². The number of carbonyl (C=O) groups excluding carboxylic acids is 1. The Morgan fingerprint density at radius 1 is 1.12 bits per heavy atom. The molecule has 1 heterocycles. The summed E-state index contributed by atoms with van der Waals surface area (Å²) in [5, 5.41) is 2.90. The van der Waals surface area contributed by atoms with Gasteiger partial charge < -0.3 is 11.1 Å². The molecule has 0 atom stereocenters. The monoisotopic (exact) mass is 224 g/mol. The third kappa shape index (κ3) is 1.65. The number of nitrogen functional groups attached to an aromatic ring is 1. The highest BCUT2D eigenvalue weighted by Gasteiger charge is 2.21. The van der Waals surface area contributed by atoms with Crippen molar-refractivity contribution >= 4 is 17.3 Å². The highest BCUT2D eigenvalue weighted by Crippen LogP contribution is 2.36. The molecule has 3 rings (SSSR count). The zero-order valence-corrected chi connectivity index (χ0v) is 9.23. The molecular weight excluding hydrogens is 212 g/mol. The molecular formula is C14H12N2O. The highest BCUT2D eigenvalue weighted by atomic mass is 16.1. The lowest BCUT2D eigenvalue weighted by atomic mass is 10.00. The second-order valence-electron chi connectivity index (χ2n) is 4.19. The van der Waals surface area contributed by atoms with Gasteiger partial charge in [0.1, 0.15) is 0 Å². The molecule has 1 aliphatic rings. The van der Waals surface area contributed by atoms with Crippen LogP contribution in [-0.4, -0.2) is 5.91 Å². The van der Waals surface area contributed by atoms with Crippen molar-refractivity contribution in [2.24, 2.45) is 0 Å². The fourth-order valence-corrected chi connectivity index (χ4v) is 2.22. The van der Waals surface area contributed by atoms with Crippen LogP contribution in [0.3, 0.4) is 0 Å². The van der Waals surface area contributed by atoms with Crippen molar-refractivity contribution in [3.05, 3.63) is 48.0 Å². The molecule has 0 aromatic heterocycles. The predicted octanol–water partition coefficient (Wildman–Crippen LogP) is 2.43. The van der Waals surface area contributed by atoms with Crippen molar-refractivity contribution in [2.45, 2.75) is 6.42 Å². The number of carbonyl (C=O) groups is 1. The SMILES string of the molecule is Nc1cc2c(c(-c3ccccc3)c1)NC(=O)C2. The molecule has 0 bridgehead atoms. The first-order chi connectivity index (χ1) is 8.24. The largest absolute Gasteiger partial charge is 0.399 e. The molecule has 17 heavy (non-hydrogen) atoms. The van der Waals surface area contributed by atoms with Crippen LogP contribution in [0.1, 0.15) is 5.56 Å². The summed E-state index contributed by atoms with van der Waals surface area (Å²) in [6.07, 6.45) is 0.417. The molecule has 3 N–H and O–H groups in total. The summed E-state index contributed by atoms with van der Waals surface area (Å²) in [4.78, 5) is 11.4. The van der Waals surface area contributed by atoms with Gasteiger partial charge in [0.05, 0.1) is 12.1 Å². The third-order valence-electron chi connectivity index (χ3n) is 2.94. The average molecular weight is 224 g/mol. The van der Waals surface area contributed by atoms with Gasteiger partial charge in [0.2, 0.25) is 5.91 Å². The summed E-state index contributed by atoms with van der Waals surface area (Å²) in [7, 11) is 0. The maximum atomic E-state index is 11.4. The second kappa shape index (κ2) is 3.63. The Kier molecular flexibility index (Phi) is 2.11. The van der Waals surface area contributed by atoms with Crippen molar-refractivity contribution < 1.29 is 4.79 Å². The van der Waals surface area contributed by atoms with Crippen molar-refractivity contribution in [1.29, 1.82) is 0 Å². The first kappa shape index (κ1) is 9.90. The average Bonchev–Trinajstić information content (AvgIpc) is 2.69. The summed E-state index contributed by atoms with van der Waals surface area (Å²) in [5.41, 5.74) is 10.5. The molecule has 0 saturated carbocycles. The van der Waals surface area contributed by atoms with E-state index in [4.69, 9.17) is 5.73 Å². The molecule has 0 radical (unpaired) electrons. The van der Waals surface area contributed by atoms with Crippen LogP contribution in [0.15, 0.2) is 42.5 Å². The molecule has 0 unspecified atom stereocenters. The predicted molar refractivity (Wildman–Crippen MR) is 68.6 cm³/mol. The molecule has 84 valence electrons. The lowest BCUT2D eigenvalue weighted by Crippen LogP contribution is -2.04. The Labute approximate surface area is 99.3 Å². The van der Waals surface area contributed by atoms with Gasteiger partial charge in [-0.3, -0.25) is 4.79 Å². The lowest BCUT2D eigenvalue weighted by molar-refractivity contribution is -0.115. The molecule has 1 amide bonds. The number of hydrogen-bond donors (Lipinski definition) is 2. The molecule has 1 aliphatic heterocycles. The maximum Gasteiger partial charge on any atom is 0.228 e. The topological polar surface area (TPSA) is 55.1 Å². The maximum absolute atomic E-state index is 11.4. The summed E-state index contributed by atoms with van der Waals surface area (Å²) in [6.45, 7) is 0. The number of amides is 1. The number of nitrogens with two attached hydrogens (primary N) is 1. The molecule has 0 spiro atoms. The molecule has 2 aromatic rings. The van der Waals surface area contributed by atoms with E-state index >= 15 is 0 Å². The van der Waals surface area contributed by atoms with Crippen LogP contribution in [0.4, 0.5) is 11.4 Å². The Morgan fingerprint density at radius 3 is 2.65 bits per heavy atom. The van der Waals surface area contributed by atoms with Crippen LogP contribution in [0.5, 0.6) is 0 Å². The zero-order chi connectivity index (χ0) is 11.8. The fourth-order valence-electron chi connectivity index (χ4n) is 2.22. The Bertz CT molecular complexity index is 591. The van der Waals surface area contributed by atoms with Gasteiger partial charge in [-0.05, 0) is 23.3 Å². The van der Waals surface area contributed by atoms with Crippen molar-refractivity contribution in [3.63, 3.8) is 0 Å². The van der Waals surface area contributed by atoms with Gasteiger partial charge in [-0.2, -0.15) is 0 Å². The minimum Gasteiger partial charge on any atom is -0.399 e. The van der Waals surface area contributed by atoms with Gasteiger partial charge in [-0.1, -0.05) is 30.3 Å². The van der Waals surface area contributed by atoms with E-state index in [0.717, 1.165) is 22.4 Å². The summed E-state index contributed by atoms with van der Waals surface area (Å²) in [5.74, 6) is 0.0304. The Balaban J connectivity index is 2.22. The van der Waals surface area contributed by atoms with Crippen LogP contribution in [-0.2, 0) is 11.2 Å². The molecule has 3 heteroatoms. The van der Waals surface area contributed by atoms with Crippen LogP contribution in [0.2, 0.25) is 0 Å². The minimum absolute atomic E-state index is 0.0304. The van der Waals surface area contributed by atoms with Gasteiger partial charge in [0, 0.05) is 11.3 Å². The quantitative estimate of drug-likeness (QED) is 0.731. The van der Waals surface area contributed by atoms with E-state index in [1.54, 1.807) is 0 Å². The summed E-state index contributed by atoms with van der Waals surface area (Å²) >= 11 is 0. The van der Waals surface area contributed by atoms with E-state index < -0.39 is 0 Å². The first-order valence-corrected chi connectivity index (χ1v) is 5.52. The smallest absolute Gasteiger partial charge is 0.228 e. The molecule has 0 saturated heterocycles. The van der Waals surface area contributed by atoms with Crippen LogP contribution in [0.25, 0.3) is 11.1 Å². The van der Waals surface area contributed by atoms with Gasteiger partial charge >= 0.3 is 0 Å². The van der Waals surface area contributed by atoms with E-state index in [0.29, 0.717) is 12.1 Å². The van der Waals surface area contributed by atoms with Gasteiger partial charge in [0.25, 0.3) is 0 Å². The molecule has 3 nitrogen and oxygen atoms in total. The molecule has 0 aliphatic carbocycles. The third-order valence-corrected chi connectivity index (χ3v) is 2.94. The summed E-state index contributed by atoms with van der Waals surface area (Å²) < 4.78 is 0. The van der Waals surface area contributed by atoms with E-state index in [9.17, 15) is 4.79 Å². The van der Waals surface area contributed by atoms with Crippen LogP contribution >= 0.6 is 0 Å². The van der Waals surface area contributed by atoms with Gasteiger partial charge in [0.15, 0.2) is 0 Å². The Hall–Kier alpha value is -2.29. The van der Waals surface area contributed by atoms with Crippen molar-refractivity contribution in [3.8, 4) is 11.1 Å². The van der Waals surface area contributed by atoms with E-state index in [2.05, 4.69) is 5.32 Å². The van der Waals surface area contributed by atoms with E-state index in [1.165, 1.54) is 0 Å². The molecule has 2 aromatic carbocycles. The Morgan fingerprint density at radius 2 is 1.88 bits per heavy atom. The number of rotatable bonds is 1. The lowest BCUT2D eigenvalue weighted by Gasteiger charge is -2.09. The van der Waals surface area contributed by atoms with Crippen molar-refractivity contribution in [2.75, 3.05) is 11.1 Å². The van der Waals surface area contributed by atoms with Crippen LogP contribution < -0.4 is 11.1 Å². The minimum atomic E-state index is 0.0304. The second-order valence-corrected chi connectivity index (χ2v) is 4.19. The number of nitrogens with one attached hydrogen (secondary N) is 1. The number of anilines is 2. The highest BCUT2D eigenvalue weighted by molar-refractivity contribution is 6.04. The number of hydrogen-bond acceptors (Lipinski definition) is 2. The van der Waals surface area contributed by atoms with Gasteiger partial charge in [-0.15, -0.1) is 0 Å². The number of benzene rings is 2. The normalized spacial score (nSPS) is 13.3. The fraction of sp³-hybridized carbons (Fsp3) is 0.0714. The van der Waals surface area contributed by atoms with Crippen LogP contribution in [0, 0.1) is 0 Å². The summed E-state index contributed by atoms with van der Waals surface area (Å²) in [6, 6.07) is 13.7. The standard InChI is InChI=1S/C14H12N2O/c15-11-6-10-7-13(17)16-14(10)12(8-11)9-4-2-1-3-5-9/h1-6,8H,7,15H2,(H,16,17). The zero-order valence-electron chi connectivity index (χ0n) is 9.23. The molecule has 0 fully saturated rings. The van der Waals surface area contributed by atoms with E-state index in [1.807, 2.05) is 42.5 Å². The van der Waals surface area contributed by atoms with Gasteiger partial charge in [-0.25, -0.2) is 0 Å². The first-order valence-electron chi connectivity index (χ1n) is 5.52. The van der Waals surface area contributed by atoms with Crippen molar-refractivity contribution in [1.82, 2.24) is 0 Å². The number of fused-ring (bicyclic) bond motifs is 1.